The molecule has 1 aliphatic rings. The molecule has 1 aliphatic heterocycles. The van der Waals surface area contributed by atoms with E-state index in [9.17, 15) is 9.18 Å². The molecule has 5 nitrogen and oxygen atoms in total. The Kier molecular flexibility index (Phi) is 7.51. The summed E-state index contributed by atoms with van der Waals surface area (Å²) in [5.74, 6) is -1.27. The zero-order valence-electron chi connectivity index (χ0n) is 19.8. The van der Waals surface area contributed by atoms with E-state index in [2.05, 4.69) is 18.7 Å². The summed E-state index contributed by atoms with van der Waals surface area (Å²) < 4.78 is 32.3. The molecule has 1 fully saturated rings. The lowest BCUT2D eigenvalue weighted by atomic mass is 9.74. The molecule has 3 aromatic carbocycles. The fourth-order valence-electron chi connectivity index (χ4n) is 4.77. The zero-order valence-corrected chi connectivity index (χ0v) is 19.8. The number of ether oxygens (including phenoxy) is 3. The van der Waals surface area contributed by atoms with E-state index in [0.29, 0.717) is 5.56 Å². The van der Waals surface area contributed by atoms with Crippen LogP contribution in [-0.4, -0.2) is 24.8 Å². The summed E-state index contributed by atoms with van der Waals surface area (Å²) in [5, 5.41) is 9.10. The second-order valence-electron chi connectivity index (χ2n) is 8.80. The highest BCUT2D eigenvalue weighted by atomic mass is 19.1. The number of methoxy groups -OCH3 is 1. The number of carboxylic acids is 1. The average Bonchev–Trinajstić information content (AvgIpc) is 2.87. The molecule has 1 saturated heterocycles. The molecule has 0 unspecified atom stereocenters. The van der Waals surface area contributed by atoms with Gasteiger partial charge in [-0.1, -0.05) is 66.7 Å². The maximum absolute atomic E-state index is 14.8. The number of hydrogen-bond donors (Lipinski definition) is 1. The van der Waals surface area contributed by atoms with Crippen LogP contribution in [0.15, 0.2) is 84.9 Å². The van der Waals surface area contributed by atoms with Crippen LogP contribution in [0, 0.1) is 11.7 Å². The van der Waals surface area contributed by atoms with Gasteiger partial charge in [0.05, 0.1) is 19.3 Å². The first-order valence-corrected chi connectivity index (χ1v) is 11.5. The minimum atomic E-state index is -1.18. The molecule has 182 valence electrons. The molecule has 3 aromatic rings. The van der Waals surface area contributed by atoms with Crippen LogP contribution >= 0.6 is 0 Å². The first-order chi connectivity index (χ1) is 16.9. The van der Waals surface area contributed by atoms with Crippen LogP contribution < -0.4 is 9.47 Å². The van der Waals surface area contributed by atoms with E-state index in [0.717, 1.165) is 28.9 Å². The highest BCUT2D eigenvalue weighted by Gasteiger charge is 2.42. The minimum Gasteiger partial charge on any atom is -0.497 e. The second-order valence-corrected chi connectivity index (χ2v) is 8.80. The Balaban J connectivity index is 1.79. The van der Waals surface area contributed by atoms with Crippen molar-refractivity contribution < 1.29 is 28.5 Å². The van der Waals surface area contributed by atoms with Crippen LogP contribution in [0.4, 0.5) is 4.39 Å². The lowest BCUT2D eigenvalue weighted by molar-refractivity contribution is -0.139. The number of carbonyl (C=O) groups is 1. The van der Waals surface area contributed by atoms with Crippen molar-refractivity contribution in [3.8, 4) is 11.5 Å². The van der Waals surface area contributed by atoms with Gasteiger partial charge in [0.1, 0.15) is 5.75 Å². The van der Waals surface area contributed by atoms with Crippen LogP contribution in [0.25, 0.3) is 0 Å². The van der Waals surface area contributed by atoms with Crippen molar-refractivity contribution in [2.75, 3.05) is 13.7 Å². The monoisotopic (exact) mass is 476 g/mol. The molecule has 0 amide bonds. The molecule has 1 N–H and O–H groups in total. The molecule has 0 aromatic heterocycles. The second kappa shape index (κ2) is 10.7. The highest BCUT2D eigenvalue weighted by Crippen LogP contribution is 2.53. The number of aliphatic carboxylic acids is 1. The number of hydrogen-bond acceptors (Lipinski definition) is 4. The van der Waals surface area contributed by atoms with E-state index in [-0.39, 0.29) is 23.7 Å². The van der Waals surface area contributed by atoms with Crippen molar-refractivity contribution >= 4 is 5.97 Å². The summed E-state index contributed by atoms with van der Waals surface area (Å²) in [6.45, 7) is 5.50. The standard InChI is InChI=1S/C29H29FO5/c1-18(2)23-16-24(19-8-5-4-6-9-19)27(20-12-14-21(33-3)15-13-20)35-28(23)22-10-7-11-25(30)29(22)34-17-26(31)32/h4-15,23-24,27-28H,1,16-17H2,2-3H3,(H,31,32)/t23-,24-,27+,28-/m1/s1. The Morgan fingerprint density at radius 3 is 2.37 bits per heavy atom. The van der Waals surface area contributed by atoms with Crippen LogP contribution in [-0.2, 0) is 9.53 Å². The van der Waals surface area contributed by atoms with Crippen molar-refractivity contribution in [1.82, 2.24) is 0 Å². The number of para-hydroxylation sites is 1. The van der Waals surface area contributed by atoms with Crippen molar-refractivity contribution in [2.24, 2.45) is 5.92 Å². The maximum Gasteiger partial charge on any atom is 0.341 e. The van der Waals surface area contributed by atoms with Gasteiger partial charge in [0.2, 0.25) is 0 Å². The zero-order chi connectivity index (χ0) is 24.9. The predicted octanol–water partition coefficient (Wildman–Crippen LogP) is 6.48. The SMILES string of the molecule is C=C(C)[C@H]1C[C@H](c2ccccc2)[C@H](c2ccc(OC)cc2)O[C@@H]1c1cccc(F)c1OCC(=O)O. The van der Waals surface area contributed by atoms with Gasteiger partial charge in [-0.3, -0.25) is 0 Å². The summed E-state index contributed by atoms with van der Waals surface area (Å²) in [7, 11) is 1.62. The highest BCUT2D eigenvalue weighted by molar-refractivity contribution is 5.68. The first kappa shape index (κ1) is 24.5. The maximum atomic E-state index is 14.8. The van der Waals surface area contributed by atoms with Gasteiger partial charge in [0, 0.05) is 17.4 Å². The van der Waals surface area contributed by atoms with E-state index in [1.54, 1.807) is 19.2 Å². The summed E-state index contributed by atoms with van der Waals surface area (Å²) >= 11 is 0. The molecule has 1 heterocycles. The van der Waals surface area contributed by atoms with E-state index in [4.69, 9.17) is 19.3 Å². The molecular formula is C29H29FO5. The summed E-state index contributed by atoms with van der Waals surface area (Å²) in [5.41, 5.74) is 3.48. The first-order valence-electron chi connectivity index (χ1n) is 11.5. The van der Waals surface area contributed by atoms with Crippen LogP contribution in [0.1, 0.15) is 48.2 Å². The fourth-order valence-corrected chi connectivity index (χ4v) is 4.77. The Morgan fingerprint density at radius 2 is 1.74 bits per heavy atom. The van der Waals surface area contributed by atoms with Crippen molar-refractivity contribution in [3.63, 3.8) is 0 Å². The summed E-state index contributed by atoms with van der Waals surface area (Å²) in [6, 6.07) is 22.5. The van der Waals surface area contributed by atoms with Crippen LogP contribution in [0.2, 0.25) is 0 Å². The van der Waals surface area contributed by atoms with Gasteiger partial charge < -0.3 is 19.3 Å². The average molecular weight is 477 g/mol. The van der Waals surface area contributed by atoms with Gasteiger partial charge in [-0.2, -0.15) is 0 Å². The Morgan fingerprint density at radius 1 is 1.03 bits per heavy atom. The number of carboxylic acid groups (broad SMARTS) is 1. The third-order valence-electron chi connectivity index (χ3n) is 6.48. The van der Waals surface area contributed by atoms with Crippen LogP contribution in [0.5, 0.6) is 11.5 Å². The molecular weight excluding hydrogens is 447 g/mol. The molecule has 0 spiro atoms. The summed E-state index contributed by atoms with van der Waals surface area (Å²) in [4.78, 5) is 11.1. The topological polar surface area (TPSA) is 65.0 Å². The van der Waals surface area contributed by atoms with Gasteiger partial charge in [0.25, 0.3) is 0 Å². The minimum absolute atomic E-state index is 0.0273. The van der Waals surface area contributed by atoms with E-state index < -0.39 is 24.5 Å². The molecule has 0 saturated carbocycles. The van der Waals surface area contributed by atoms with Crippen molar-refractivity contribution in [1.29, 1.82) is 0 Å². The van der Waals surface area contributed by atoms with Crippen molar-refractivity contribution in [2.45, 2.75) is 31.5 Å². The van der Waals surface area contributed by atoms with E-state index >= 15 is 0 Å². The number of halogens is 1. The van der Waals surface area contributed by atoms with E-state index in [1.165, 1.54) is 6.07 Å². The smallest absolute Gasteiger partial charge is 0.341 e. The van der Waals surface area contributed by atoms with Gasteiger partial charge in [-0.15, -0.1) is 0 Å². The third-order valence-corrected chi connectivity index (χ3v) is 6.48. The van der Waals surface area contributed by atoms with Crippen molar-refractivity contribution in [3.05, 3.63) is 107 Å². The number of rotatable bonds is 8. The molecule has 0 aliphatic carbocycles. The van der Waals surface area contributed by atoms with Gasteiger partial charge in [-0.05, 0) is 42.7 Å². The lowest BCUT2D eigenvalue weighted by Gasteiger charge is -2.43. The molecule has 4 atom stereocenters. The van der Waals surface area contributed by atoms with Gasteiger partial charge in [0.15, 0.2) is 18.2 Å². The largest absolute Gasteiger partial charge is 0.497 e. The number of benzene rings is 3. The molecule has 6 heteroatoms. The molecule has 0 radical (unpaired) electrons. The quantitative estimate of drug-likeness (QED) is 0.377. The Hall–Kier alpha value is -3.64. The predicted molar refractivity (Wildman–Crippen MR) is 131 cm³/mol. The molecule has 4 rings (SSSR count). The van der Waals surface area contributed by atoms with Gasteiger partial charge >= 0.3 is 5.97 Å². The molecule has 0 bridgehead atoms. The van der Waals surface area contributed by atoms with Crippen LogP contribution in [0.3, 0.4) is 0 Å². The Labute approximate surface area is 204 Å². The normalized spacial score (nSPS) is 21.8. The Bertz CT molecular complexity index is 1180. The summed E-state index contributed by atoms with van der Waals surface area (Å²) in [6.07, 6.45) is -0.186. The van der Waals surface area contributed by atoms with E-state index in [1.807, 2.05) is 49.4 Å². The lowest BCUT2D eigenvalue weighted by Crippen LogP contribution is -2.32. The molecule has 35 heavy (non-hydrogen) atoms. The van der Waals surface area contributed by atoms with Gasteiger partial charge in [-0.25, -0.2) is 9.18 Å². The third kappa shape index (κ3) is 5.38. The fraction of sp³-hybridized carbons (Fsp3) is 0.276.